The Bertz CT molecular complexity index is 1810. The largest absolute Gasteiger partial charge is 0.481 e. The molecular formula is C48H83N3O16P2. The van der Waals surface area contributed by atoms with E-state index in [1.807, 2.05) is 18.2 Å². The molecule has 0 saturated carbocycles. The molecule has 2 heterocycles. The molecule has 69 heavy (non-hydrogen) atoms. The van der Waals surface area contributed by atoms with E-state index in [0.717, 1.165) is 68.6 Å². The Balaban J connectivity index is 1.83. The zero-order valence-corrected chi connectivity index (χ0v) is 42.8. The minimum atomic E-state index is -5.44. The molecule has 1 saturated heterocycles. The van der Waals surface area contributed by atoms with E-state index >= 15 is 0 Å². The van der Waals surface area contributed by atoms with Gasteiger partial charge in [-0.25, -0.2) is 13.9 Å². The number of allylic oxidation sites excluding steroid dienone is 5. The Morgan fingerprint density at radius 1 is 0.768 bits per heavy atom. The van der Waals surface area contributed by atoms with Gasteiger partial charge in [-0.3, -0.25) is 23.2 Å². The van der Waals surface area contributed by atoms with Gasteiger partial charge in [-0.2, -0.15) is 9.29 Å². The maximum Gasteiger partial charge on any atom is 0.481 e. The summed E-state index contributed by atoms with van der Waals surface area (Å²) in [5.41, 5.74) is 4.58. The maximum atomic E-state index is 12.9. The normalized spacial score (nSPS) is 20.1. The van der Waals surface area contributed by atoms with Crippen LogP contribution in [0, 0.1) is 0 Å². The van der Waals surface area contributed by atoms with Crippen LogP contribution in [0.1, 0.15) is 181 Å². The quantitative estimate of drug-likeness (QED) is 0.0117. The lowest BCUT2D eigenvalue weighted by atomic mass is 10.0. The molecule has 7 N–H and O–H groups in total. The van der Waals surface area contributed by atoms with Crippen molar-refractivity contribution in [3.63, 3.8) is 0 Å². The van der Waals surface area contributed by atoms with Gasteiger partial charge in [0.1, 0.15) is 30.7 Å². The second-order valence-electron chi connectivity index (χ2n) is 17.5. The fraction of sp³-hybridized carbons (Fsp3) is 0.750. The second kappa shape index (κ2) is 36.8. The van der Waals surface area contributed by atoms with Crippen LogP contribution in [-0.4, -0.2) is 96.9 Å². The van der Waals surface area contributed by atoms with Gasteiger partial charge in [0.05, 0.1) is 19.3 Å². The Hall–Kier alpha value is -3.06. The first-order valence-electron chi connectivity index (χ1n) is 25.1. The Morgan fingerprint density at radius 3 is 1.93 bits per heavy atom. The van der Waals surface area contributed by atoms with Crippen LogP contribution >= 0.6 is 15.6 Å². The number of ether oxygens (including phenoxy) is 3. The fourth-order valence-corrected chi connectivity index (χ4v) is 9.55. The van der Waals surface area contributed by atoms with E-state index in [0.29, 0.717) is 25.7 Å². The number of unbranched alkanes of at least 4 members (excludes halogenated alkanes) is 18. The highest BCUT2D eigenvalue weighted by atomic mass is 31.3. The van der Waals surface area contributed by atoms with Gasteiger partial charge >= 0.3 is 33.3 Å². The number of carbonyl (C=O) groups excluding carboxylic acids is 2. The lowest BCUT2D eigenvalue weighted by molar-refractivity contribution is -0.161. The van der Waals surface area contributed by atoms with Gasteiger partial charge in [-0.05, 0) is 38.2 Å². The molecule has 2 rings (SSSR count). The molecular weight excluding hydrogens is 936 g/mol. The van der Waals surface area contributed by atoms with Crippen molar-refractivity contribution in [3.8, 4) is 0 Å². The summed E-state index contributed by atoms with van der Waals surface area (Å²) >= 11 is 0. The van der Waals surface area contributed by atoms with Crippen LogP contribution < -0.4 is 11.4 Å². The van der Waals surface area contributed by atoms with Crippen LogP contribution in [0.25, 0.3) is 0 Å². The first-order valence-corrected chi connectivity index (χ1v) is 28.1. The molecule has 21 heteroatoms. The molecule has 1 aliphatic heterocycles. The molecule has 1 aromatic heterocycles. The molecule has 1 fully saturated rings. The van der Waals surface area contributed by atoms with E-state index in [1.165, 1.54) is 70.3 Å². The summed E-state index contributed by atoms with van der Waals surface area (Å²) in [6, 6.07) is 1.24. The molecule has 1 aromatic rings. The van der Waals surface area contributed by atoms with Gasteiger partial charge in [0.2, 0.25) is 0 Å². The molecule has 0 aliphatic carbocycles. The number of nitrogen functional groups attached to an aromatic ring is 1. The Morgan fingerprint density at radius 2 is 1.33 bits per heavy atom. The number of nitrogens with two attached hydrogens (primary N) is 1. The summed E-state index contributed by atoms with van der Waals surface area (Å²) in [7, 11) is -10.9. The number of esters is 2. The van der Waals surface area contributed by atoms with Crippen molar-refractivity contribution in [1.29, 1.82) is 0 Å². The summed E-state index contributed by atoms with van der Waals surface area (Å²) < 4.78 is 56.7. The van der Waals surface area contributed by atoms with Crippen LogP contribution in [-0.2, 0) is 46.3 Å². The van der Waals surface area contributed by atoms with Gasteiger partial charge in [0.25, 0.3) is 0 Å². The van der Waals surface area contributed by atoms with E-state index < -0.39 is 89.8 Å². The molecule has 0 spiro atoms. The lowest BCUT2D eigenvalue weighted by Gasteiger charge is -2.21. The number of aromatic nitrogens is 2. The average Bonchev–Trinajstić information content (AvgIpc) is 3.58. The van der Waals surface area contributed by atoms with Crippen molar-refractivity contribution in [2.45, 2.75) is 211 Å². The van der Waals surface area contributed by atoms with E-state index in [4.69, 9.17) is 29.0 Å². The van der Waals surface area contributed by atoms with Crippen LogP contribution in [0.5, 0.6) is 0 Å². The third kappa shape index (κ3) is 29.8. The summed E-state index contributed by atoms with van der Waals surface area (Å²) in [5.74, 6) is -1.37. The second-order valence-corrected chi connectivity index (χ2v) is 20.5. The lowest BCUT2D eigenvalue weighted by Crippen LogP contribution is -2.36. The maximum absolute atomic E-state index is 12.9. The third-order valence-electron chi connectivity index (χ3n) is 11.3. The van der Waals surface area contributed by atoms with E-state index in [1.54, 1.807) is 6.08 Å². The van der Waals surface area contributed by atoms with E-state index in [9.17, 15) is 48.6 Å². The number of aliphatic hydroxyl groups is 3. The average molecular weight is 1020 g/mol. The zero-order valence-electron chi connectivity index (χ0n) is 41.0. The third-order valence-corrected chi connectivity index (χ3v) is 13.9. The standard InChI is InChI=1S/C48H83N3O16P2/c1-3-5-7-9-11-12-13-14-15-16-17-18-20-24-28-32-43(53)62-36-40(65-44(54)33-29-25-21-23-27-31-39(52)30-26-22-19-10-8-6-4-2)37-63-68(58,59)67-69(60,61)64-38-41-45(55)46(56)47(66-41)51-35-34-42(49)50-48(51)57/h6,8,19,22,26,30,34-35,39-41,45-47,52,55-56H,3-5,7,9-18,20-21,23-25,27-29,31-33,36-38H2,1-2H3,(H,58,59)(H,60,61)(H2,49,50,57)/b8-6+,22-19+,30-26+/t39?,40-,41-,45-,46-,47-/m1/s1. The van der Waals surface area contributed by atoms with Crippen LogP contribution in [0.2, 0.25) is 0 Å². The van der Waals surface area contributed by atoms with Gasteiger partial charge in [-0.15, -0.1) is 0 Å². The number of phosphoric ester groups is 2. The smallest absolute Gasteiger partial charge is 0.462 e. The summed E-state index contributed by atoms with van der Waals surface area (Å²) in [6.45, 7) is 1.94. The molecule has 0 bridgehead atoms. The number of nitrogens with zero attached hydrogens (tertiary/aromatic N) is 2. The fourth-order valence-electron chi connectivity index (χ4n) is 7.44. The van der Waals surface area contributed by atoms with Crippen molar-refractivity contribution in [3.05, 3.63) is 59.2 Å². The minimum Gasteiger partial charge on any atom is -0.462 e. The van der Waals surface area contributed by atoms with Crippen molar-refractivity contribution >= 4 is 33.4 Å². The summed E-state index contributed by atoms with van der Waals surface area (Å²) in [5, 5.41) is 31.1. The first kappa shape index (κ1) is 62.1. The molecule has 396 valence electrons. The SMILES string of the molecule is CC/C=C/C/C=C/C=C/C(O)CCCCCCCC(=O)O[C@H](COC(=O)CCCCCCCCCCCCCCCCC)COP(=O)(O)OP(=O)(O)OC[C@H]1O[C@@H](n2ccc(N)nc2=O)[C@H](O)[C@@H]1O. The topological polar surface area (TPSA) is 286 Å². The van der Waals surface area contributed by atoms with Gasteiger partial charge in [-0.1, -0.05) is 166 Å². The summed E-state index contributed by atoms with van der Waals surface area (Å²) in [4.78, 5) is 61.9. The van der Waals surface area contributed by atoms with E-state index in [2.05, 4.69) is 35.3 Å². The predicted octanol–water partition coefficient (Wildman–Crippen LogP) is 8.97. The number of hydrogen-bond acceptors (Lipinski definition) is 16. The Kier molecular flexibility index (Phi) is 33.1. The highest BCUT2D eigenvalue weighted by Crippen LogP contribution is 2.60. The monoisotopic (exact) mass is 1020 g/mol. The van der Waals surface area contributed by atoms with Gasteiger partial charge in [0.15, 0.2) is 12.3 Å². The van der Waals surface area contributed by atoms with Gasteiger partial charge in [0, 0.05) is 19.0 Å². The highest BCUT2D eigenvalue weighted by molar-refractivity contribution is 7.61. The molecule has 1 aliphatic rings. The zero-order chi connectivity index (χ0) is 50.8. The van der Waals surface area contributed by atoms with Crippen LogP contribution in [0.4, 0.5) is 5.82 Å². The van der Waals surface area contributed by atoms with Crippen molar-refractivity contribution in [2.75, 3.05) is 25.6 Å². The van der Waals surface area contributed by atoms with Crippen molar-refractivity contribution in [1.82, 2.24) is 9.55 Å². The number of aliphatic hydroxyl groups excluding tert-OH is 3. The number of phosphoric acid groups is 2. The van der Waals surface area contributed by atoms with Crippen LogP contribution in [0.3, 0.4) is 0 Å². The molecule has 0 radical (unpaired) electrons. The Labute approximate surface area is 409 Å². The molecule has 0 amide bonds. The molecule has 3 unspecified atom stereocenters. The van der Waals surface area contributed by atoms with Crippen LogP contribution in [0.15, 0.2) is 53.5 Å². The van der Waals surface area contributed by atoms with Gasteiger partial charge < -0.3 is 45.1 Å². The summed E-state index contributed by atoms with van der Waals surface area (Å²) in [6.07, 6.45) is 28.1. The highest BCUT2D eigenvalue weighted by Gasteiger charge is 2.46. The minimum absolute atomic E-state index is 0.0181. The number of hydrogen-bond donors (Lipinski definition) is 6. The first-order chi connectivity index (χ1) is 33.1. The molecule has 0 aromatic carbocycles. The van der Waals surface area contributed by atoms with E-state index in [-0.39, 0.29) is 18.7 Å². The number of anilines is 1. The molecule has 8 atom stereocenters. The predicted molar refractivity (Wildman–Crippen MR) is 263 cm³/mol. The molecule has 19 nitrogen and oxygen atoms in total. The number of rotatable bonds is 41. The number of carbonyl (C=O) groups is 2. The van der Waals surface area contributed by atoms with Crippen molar-refractivity contribution < 1.29 is 71.4 Å². The van der Waals surface area contributed by atoms with Crippen molar-refractivity contribution in [2.24, 2.45) is 0 Å².